The van der Waals surface area contributed by atoms with Gasteiger partial charge in [-0.3, -0.25) is 4.79 Å². The van der Waals surface area contributed by atoms with Crippen LogP contribution in [0.4, 0.5) is 5.69 Å². The zero-order chi connectivity index (χ0) is 17.4. The van der Waals surface area contributed by atoms with Gasteiger partial charge >= 0.3 is 0 Å². The fraction of sp³-hybridized carbons (Fsp3) is 0.143. The Morgan fingerprint density at radius 3 is 2.68 bits per heavy atom. The van der Waals surface area contributed by atoms with Crippen molar-refractivity contribution in [2.24, 2.45) is 5.92 Å². The summed E-state index contributed by atoms with van der Waals surface area (Å²) in [6.07, 6.45) is 0. The van der Waals surface area contributed by atoms with Gasteiger partial charge in [-0.05, 0) is 35.0 Å². The Hall–Kier alpha value is -3.14. The molecular weight excluding hydrogens is 312 g/mol. The number of hydrogen-bond donors (Lipinski definition) is 1. The van der Waals surface area contributed by atoms with Crippen LogP contribution in [-0.4, -0.2) is 10.9 Å². The molecule has 1 N–H and O–H groups in total. The number of nitrogens with one attached hydrogen (secondary N) is 1. The van der Waals surface area contributed by atoms with Gasteiger partial charge in [-0.2, -0.15) is 0 Å². The molecule has 1 amide bonds. The Morgan fingerprint density at radius 1 is 1.04 bits per heavy atom. The Kier molecular flexibility index (Phi) is 3.73. The SMILES string of the molecule is CC(C)C(=O)Nc1ccc2oc(-c3cccc4ccccc34)nc2c1. The fourth-order valence-corrected chi connectivity index (χ4v) is 2.82. The maximum absolute atomic E-state index is 11.9. The van der Waals surface area contributed by atoms with Gasteiger partial charge in [0.25, 0.3) is 0 Å². The summed E-state index contributed by atoms with van der Waals surface area (Å²) >= 11 is 0. The average molecular weight is 330 g/mol. The lowest BCUT2D eigenvalue weighted by atomic mass is 10.0. The van der Waals surface area contributed by atoms with Crippen LogP contribution in [0.3, 0.4) is 0 Å². The average Bonchev–Trinajstić information content (AvgIpc) is 3.04. The molecule has 0 bridgehead atoms. The molecule has 0 aliphatic heterocycles. The molecule has 0 unspecified atom stereocenters. The number of benzene rings is 3. The highest BCUT2D eigenvalue weighted by atomic mass is 16.3. The molecule has 0 radical (unpaired) electrons. The summed E-state index contributed by atoms with van der Waals surface area (Å²) in [5, 5.41) is 5.14. The van der Waals surface area contributed by atoms with Gasteiger partial charge in [0.1, 0.15) is 5.52 Å². The van der Waals surface area contributed by atoms with E-state index in [1.54, 1.807) is 0 Å². The molecule has 0 atom stereocenters. The topological polar surface area (TPSA) is 55.1 Å². The van der Waals surface area contributed by atoms with E-state index in [-0.39, 0.29) is 11.8 Å². The molecule has 0 saturated heterocycles. The van der Waals surface area contributed by atoms with Gasteiger partial charge < -0.3 is 9.73 Å². The van der Waals surface area contributed by atoms with E-state index in [0.29, 0.717) is 11.5 Å². The van der Waals surface area contributed by atoms with Gasteiger partial charge in [0, 0.05) is 17.2 Å². The molecule has 124 valence electrons. The maximum atomic E-state index is 11.9. The minimum atomic E-state index is -0.0701. The van der Waals surface area contributed by atoms with Crippen LogP contribution >= 0.6 is 0 Å². The summed E-state index contributed by atoms with van der Waals surface area (Å²) in [6.45, 7) is 3.73. The standard InChI is InChI=1S/C21H18N2O2/c1-13(2)20(24)22-15-10-11-19-18(12-15)23-21(25-19)17-9-5-7-14-6-3-4-8-16(14)17/h3-13H,1-2H3,(H,22,24). The van der Waals surface area contributed by atoms with Crippen molar-refractivity contribution in [1.29, 1.82) is 0 Å². The lowest BCUT2D eigenvalue weighted by molar-refractivity contribution is -0.118. The first-order valence-corrected chi connectivity index (χ1v) is 8.31. The van der Waals surface area contributed by atoms with Gasteiger partial charge in [-0.25, -0.2) is 4.98 Å². The highest BCUT2D eigenvalue weighted by molar-refractivity contribution is 5.97. The fourth-order valence-electron chi connectivity index (χ4n) is 2.82. The second kappa shape index (κ2) is 6.06. The van der Waals surface area contributed by atoms with Crippen molar-refractivity contribution in [3.05, 3.63) is 60.7 Å². The normalized spacial score (nSPS) is 11.3. The molecule has 0 aliphatic carbocycles. The first kappa shape index (κ1) is 15.4. The largest absolute Gasteiger partial charge is 0.436 e. The number of anilines is 1. The molecule has 3 aromatic carbocycles. The molecule has 0 saturated carbocycles. The monoisotopic (exact) mass is 330 g/mol. The number of amides is 1. The minimum Gasteiger partial charge on any atom is -0.436 e. The number of rotatable bonds is 3. The molecular formula is C21H18N2O2. The molecule has 0 aliphatic rings. The summed E-state index contributed by atoms with van der Waals surface area (Å²) in [4.78, 5) is 16.5. The van der Waals surface area contributed by atoms with Crippen LogP contribution in [-0.2, 0) is 4.79 Å². The lowest BCUT2D eigenvalue weighted by Crippen LogP contribution is -2.17. The van der Waals surface area contributed by atoms with E-state index >= 15 is 0 Å². The Labute approximate surface area is 145 Å². The van der Waals surface area contributed by atoms with Crippen molar-refractivity contribution >= 4 is 33.5 Å². The zero-order valence-corrected chi connectivity index (χ0v) is 14.1. The van der Waals surface area contributed by atoms with E-state index in [9.17, 15) is 4.79 Å². The first-order valence-electron chi connectivity index (χ1n) is 8.31. The molecule has 4 nitrogen and oxygen atoms in total. The molecule has 1 aromatic heterocycles. The molecule has 1 heterocycles. The predicted octanol–water partition coefficient (Wildman–Crippen LogP) is 5.24. The van der Waals surface area contributed by atoms with Gasteiger partial charge in [-0.1, -0.05) is 50.2 Å². The van der Waals surface area contributed by atoms with Crippen molar-refractivity contribution in [1.82, 2.24) is 4.98 Å². The number of nitrogens with zero attached hydrogens (tertiary/aromatic N) is 1. The number of hydrogen-bond acceptors (Lipinski definition) is 3. The van der Waals surface area contributed by atoms with Gasteiger partial charge in [-0.15, -0.1) is 0 Å². The highest BCUT2D eigenvalue weighted by Gasteiger charge is 2.13. The third kappa shape index (κ3) is 2.87. The molecule has 4 rings (SSSR count). The van der Waals surface area contributed by atoms with Crippen molar-refractivity contribution in [2.75, 3.05) is 5.32 Å². The molecule has 0 spiro atoms. The number of oxazole rings is 1. The van der Waals surface area contributed by atoms with Crippen LogP contribution in [0.2, 0.25) is 0 Å². The Morgan fingerprint density at radius 2 is 1.84 bits per heavy atom. The number of carbonyl (C=O) groups is 1. The Bertz CT molecular complexity index is 1070. The highest BCUT2D eigenvalue weighted by Crippen LogP contribution is 2.31. The van der Waals surface area contributed by atoms with E-state index in [2.05, 4.69) is 28.5 Å². The van der Waals surface area contributed by atoms with Crippen LogP contribution in [0, 0.1) is 5.92 Å². The zero-order valence-electron chi connectivity index (χ0n) is 14.1. The van der Waals surface area contributed by atoms with Crippen molar-refractivity contribution in [3.8, 4) is 11.5 Å². The van der Waals surface area contributed by atoms with Crippen LogP contribution in [0.1, 0.15) is 13.8 Å². The summed E-state index contributed by atoms with van der Waals surface area (Å²) in [7, 11) is 0. The summed E-state index contributed by atoms with van der Waals surface area (Å²) in [6, 6.07) is 19.8. The second-order valence-corrected chi connectivity index (χ2v) is 6.37. The smallest absolute Gasteiger partial charge is 0.227 e. The van der Waals surface area contributed by atoms with Crippen LogP contribution in [0.15, 0.2) is 65.1 Å². The number of aromatic nitrogens is 1. The van der Waals surface area contributed by atoms with Crippen molar-refractivity contribution in [2.45, 2.75) is 13.8 Å². The molecule has 4 aromatic rings. The Balaban J connectivity index is 1.77. The van der Waals surface area contributed by atoms with E-state index in [1.165, 1.54) is 0 Å². The van der Waals surface area contributed by atoms with Crippen molar-refractivity contribution in [3.63, 3.8) is 0 Å². The maximum Gasteiger partial charge on any atom is 0.227 e. The summed E-state index contributed by atoms with van der Waals surface area (Å²) < 4.78 is 5.95. The summed E-state index contributed by atoms with van der Waals surface area (Å²) in [5.41, 5.74) is 3.11. The van der Waals surface area contributed by atoms with Gasteiger partial charge in [0.15, 0.2) is 5.58 Å². The third-order valence-corrected chi connectivity index (χ3v) is 4.20. The summed E-state index contributed by atoms with van der Waals surface area (Å²) in [5.74, 6) is 0.496. The van der Waals surface area contributed by atoms with Gasteiger partial charge in [0.2, 0.25) is 11.8 Å². The predicted molar refractivity (Wildman–Crippen MR) is 100 cm³/mol. The van der Waals surface area contributed by atoms with E-state index < -0.39 is 0 Å². The van der Waals surface area contributed by atoms with E-state index in [0.717, 1.165) is 27.5 Å². The van der Waals surface area contributed by atoms with Crippen LogP contribution in [0.25, 0.3) is 33.3 Å². The first-order chi connectivity index (χ1) is 12.1. The number of fused-ring (bicyclic) bond motifs is 2. The van der Waals surface area contributed by atoms with Crippen LogP contribution < -0.4 is 5.32 Å². The third-order valence-electron chi connectivity index (χ3n) is 4.20. The van der Waals surface area contributed by atoms with Crippen molar-refractivity contribution < 1.29 is 9.21 Å². The minimum absolute atomic E-state index is 0.0166. The molecule has 25 heavy (non-hydrogen) atoms. The lowest BCUT2D eigenvalue weighted by Gasteiger charge is -2.06. The second-order valence-electron chi connectivity index (χ2n) is 6.37. The van der Waals surface area contributed by atoms with E-state index in [4.69, 9.17) is 4.42 Å². The van der Waals surface area contributed by atoms with E-state index in [1.807, 2.05) is 56.3 Å². The van der Waals surface area contributed by atoms with Gasteiger partial charge in [0.05, 0.1) is 0 Å². The molecule has 0 fully saturated rings. The molecule has 4 heteroatoms. The quantitative estimate of drug-likeness (QED) is 0.558. The van der Waals surface area contributed by atoms with Crippen LogP contribution in [0.5, 0.6) is 0 Å². The number of carbonyl (C=O) groups excluding carboxylic acids is 1.